The van der Waals surface area contributed by atoms with Crippen LogP contribution >= 0.6 is 11.3 Å². The van der Waals surface area contributed by atoms with E-state index in [-0.39, 0.29) is 18.3 Å². The topological polar surface area (TPSA) is 184 Å². The summed E-state index contributed by atoms with van der Waals surface area (Å²) < 4.78 is 90.4. The zero-order valence-corrected chi connectivity index (χ0v) is 22.2. The normalized spacial score (nSPS) is 12.2. The van der Waals surface area contributed by atoms with Crippen LogP contribution in [-0.2, 0) is 20.8 Å². The highest BCUT2D eigenvalue weighted by Crippen LogP contribution is 2.30. The molecular formula is C23H22F8N6O5S. The molecule has 2 aromatic heterocycles. The quantitative estimate of drug-likeness (QED) is 0.105. The van der Waals surface area contributed by atoms with Gasteiger partial charge in [-0.05, 0) is 30.5 Å². The van der Waals surface area contributed by atoms with E-state index in [4.69, 9.17) is 25.5 Å². The number of halogens is 8. The number of aryl methyl sites for hydroxylation is 1. The van der Waals surface area contributed by atoms with E-state index in [0.29, 0.717) is 17.1 Å². The smallest absolute Gasteiger partial charge is 0.475 e. The first kappa shape index (κ1) is 36.4. The highest BCUT2D eigenvalue weighted by atomic mass is 32.1. The summed E-state index contributed by atoms with van der Waals surface area (Å²) in [6.45, 7) is 0.449. The lowest BCUT2D eigenvalue weighted by Crippen LogP contribution is -2.37. The van der Waals surface area contributed by atoms with E-state index in [9.17, 15) is 39.9 Å². The molecule has 6 N–H and O–H groups in total. The number of aliphatic carboxylic acids is 2. The Morgan fingerprint density at radius 1 is 1.05 bits per heavy atom. The van der Waals surface area contributed by atoms with Crippen molar-refractivity contribution in [3.05, 3.63) is 70.2 Å². The molecule has 1 atom stereocenters. The summed E-state index contributed by atoms with van der Waals surface area (Å²) in [5.74, 6) is -8.31. The number of nitrogens with two attached hydrogens (primary N) is 1. The maximum absolute atomic E-state index is 13.7. The number of carbonyl (C=O) groups is 3. The van der Waals surface area contributed by atoms with Crippen molar-refractivity contribution in [2.45, 2.75) is 37.5 Å². The van der Waals surface area contributed by atoms with Gasteiger partial charge in [0.2, 0.25) is 5.91 Å². The number of carboxylic acid groups (broad SMARTS) is 2. The monoisotopic (exact) mass is 646 g/mol. The lowest BCUT2D eigenvalue weighted by Gasteiger charge is -2.15. The minimum atomic E-state index is -5.08. The molecule has 0 radical (unpaired) electrons. The number of rotatable bonds is 8. The van der Waals surface area contributed by atoms with Crippen LogP contribution in [0.4, 0.5) is 35.1 Å². The van der Waals surface area contributed by atoms with Crippen molar-refractivity contribution in [3.63, 3.8) is 0 Å². The van der Waals surface area contributed by atoms with Crippen molar-refractivity contribution in [2.24, 2.45) is 10.7 Å². The minimum Gasteiger partial charge on any atom is -0.475 e. The van der Waals surface area contributed by atoms with Crippen LogP contribution in [0.3, 0.4) is 0 Å². The second-order valence-electron chi connectivity index (χ2n) is 7.90. The van der Waals surface area contributed by atoms with Gasteiger partial charge < -0.3 is 20.9 Å². The fraction of sp³-hybridized carbons (Fsp3) is 0.304. The first-order chi connectivity index (χ1) is 19.9. The number of nitrogens with zero attached hydrogens (tertiary/aromatic N) is 3. The zero-order chi connectivity index (χ0) is 32.8. The molecule has 1 aromatic carbocycles. The maximum atomic E-state index is 13.7. The number of aromatic nitrogens is 3. The molecule has 1 amide bonds. The third-order valence-corrected chi connectivity index (χ3v) is 5.57. The predicted octanol–water partition coefficient (Wildman–Crippen LogP) is 4.00. The molecule has 0 aliphatic carbocycles. The van der Waals surface area contributed by atoms with E-state index in [1.165, 1.54) is 17.4 Å². The van der Waals surface area contributed by atoms with Gasteiger partial charge in [0.1, 0.15) is 5.01 Å². The number of thiazole rings is 1. The Morgan fingerprint density at radius 3 is 2.12 bits per heavy atom. The molecule has 0 fully saturated rings. The van der Waals surface area contributed by atoms with Gasteiger partial charge >= 0.3 is 24.3 Å². The Morgan fingerprint density at radius 2 is 1.65 bits per heavy atom. The highest BCUT2D eigenvalue weighted by Gasteiger charge is 2.38. The molecule has 0 bridgehead atoms. The number of H-pyrrole nitrogens is 1. The summed E-state index contributed by atoms with van der Waals surface area (Å²) in [6.07, 6.45) is -3.73. The Balaban J connectivity index is 0.000000548. The molecule has 3 rings (SSSR count). The van der Waals surface area contributed by atoms with Crippen LogP contribution in [0.2, 0.25) is 0 Å². The fourth-order valence-electron chi connectivity index (χ4n) is 2.79. The molecule has 0 aliphatic rings. The van der Waals surface area contributed by atoms with E-state index < -0.39 is 41.8 Å². The van der Waals surface area contributed by atoms with Crippen LogP contribution in [0.15, 0.2) is 47.3 Å². The van der Waals surface area contributed by atoms with E-state index >= 15 is 0 Å². The van der Waals surface area contributed by atoms with Gasteiger partial charge in [-0.25, -0.2) is 28.3 Å². The minimum absolute atomic E-state index is 0.0165. The van der Waals surface area contributed by atoms with Gasteiger partial charge in [0, 0.05) is 42.4 Å². The summed E-state index contributed by atoms with van der Waals surface area (Å²) in [5.41, 5.74) is 7.25. The summed E-state index contributed by atoms with van der Waals surface area (Å²) >= 11 is 1.34. The van der Waals surface area contributed by atoms with Crippen molar-refractivity contribution in [1.82, 2.24) is 20.3 Å². The molecular weight excluding hydrogens is 624 g/mol. The van der Waals surface area contributed by atoms with Crippen molar-refractivity contribution in [1.29, 1.82) is 0 Å². The number of aliphatic imine (C=N–C) groups is 1. The van der Waals surface area contributed by atoms with Gasteiger partial charge in [-0.2, -0.15) is 26.3 Å². The Hall–Kier alpha value is -4.62. The molecule has 0 saturated heterocycles. The van der Waals surface area contributed by atoms with Crippen molar-refractivity contribution in [3.8, 4) is 0 Å². The number of amides is 1. The average Bonchev–Trinajstić information content (AvgIpc) is 3.61. The third-order valence-electron chi connectivity index (χ3n) is 4.68. The molecule has 2 heterocycles. The Labute approximate surface area is 240 Å². The van der Waals surface area contributed by atoms with Gasteiger partial charge in [0.15, 0.2) is 17.6 Å². The molecule has 0 spiro atoms. The van der Waals surface area contributed by atoms with Crippen molar-refractivity contribution < 1.29 is 59.7 Å². The summed E-state index contributed by atoms with van der Waals surface area (Å²) in [6, 6.07) is 3.57. The first-order valence-corrected chi connectivity index (χ1v) is 12.3. The number of alkyl halides is 6. The SMILES string of the molecule is NC(=NCCCc1cnc[nH]1)NC(=O)CC(c1ccc(F)c(F)c1)c1nccs1.O=C(O)C(F)(F)F.O=C(O)C(F)(F)F. The highest BCUT2D eigenvalue weighted by molar-refractivity contribution is 7.09. The van der Waals surface area contributed by atoms with Crippen molar-refractivity contribution in [2.75, 3.05) is 6.54 Å². The number of guanidine groups is 1. The third kappa shape index (κ3) is 14.2. The summed E-state index contributed by atoms with van der Waals surface area (Å²) in [4.78, 5) is 45.5. The number of nitrogens with one attached hydrogen (secondary N) is 2. The zero-order valence-electron chi connectivity index (χ0n) is 21.4. The predicted molar refractivity (Wildman–Crippen MR) is 134 cm³/mol. The second kappa shape index (κ2) is 16.7. The van der Waals surface area contributed by atoms with Crippen LogP contribution in [0.25, 0.3) is 0 Å². The Bertz CT molecular complexity index is 1330. The lowest BCUT2D eigenvalue weighted by molar-refractivity contribution is -0.193. The van der Waals surface area contributed by atoms with Crippen molar-refractivity contribution >= 4 is 35.1 Å². The maximum Gasteiger partial charge on any atom is 0.490 e. The summed E-state index contributed by atoms with van der Waals surface area (Å²) in [7, 11) is 0. The first-order valence-electron chi connectivity index (χ1n) is 11.4. The van der Waals surface area contributed by atoms with Gasteiger partial charge in [0.05, 0.1) is 6.33 Å². The number of hydrogen-bond donors (Lipinski definition) is 5. The molecule has 3 aromatic rings. The molecule has 1 unspecified atom stereocenters. The van der Waals surface area contributed by atoms with Gasteiger partial charge in [0.25, 0.3) is 0 Å². The molecule has 11 nitrogen and oxygen atoms in total. The van der Waals surface area contributed by atoms with Crippen LogP contribution in [0.1, 0.15) is 35.0 Å². The number of aromatic amines is 1. The molecule has 236 valence electrons. The van der Waals surface area contributed by atoms with Crippen LogP contribution < -0.4 is 11.1 Å². The van der Waals surface area contributed by atoms with Gasteiger partial charge in [-0.3, -0.25) is 15.1 Å². The number of carbonyl (C=O) groups excluding carboxylic acids is 1. The van der Waals surface area contributed by atoms with Gasteiger partial charge in [-0.15, -0.1) is 11.3 Å². The number of benzene rings is 1. The Kier molecular flexibility index (Phi) is 14.2. The van der Waals surface area contributed by atoms with E-state index in [2.05, 4.69) is 25.3 Å². The molecule has 0 aliphatic heterocycles. The summed E-state index contributed by atoms with van der Waals surface area (Å²) in [5, 5.41) is 19.2. The van der Waals surface area contributed by atoms with E-state index in [1.54, 1.807) is 24.1 Å². The van der Waals surface area contributed by atoms with E-state index in [1.807, 2.05) is 0 Å². The second-order valence-corrected chi connectivity index (χ2v) is 8.83. The standard InChI is InChI=1S/C19H20F2N6OS.2C2HF3O2/c20-15-4-3-12(8-16(15)21)14(18-24-6-7-29-18)9-17(28)27-19(22)25-5-1-2-13-10-23-11-26-13;2*3-2(4,5)1(6)7/h3-4,6-8,10-11,14H,1-2,5,9H2,(H,23,26)(H3,22,25,27,28);2*(H,6,7). The van der Waals surface area contributed by atoms with E-state index in [0.717, 1.165) is 30.7 Å². The number of imidazole rings is 1. The van der Waals surface area contributed by atoms with Crippen LogP contribution in [-0.4, -0.2) is 67.9 Å². The number of carboxylic acids is 2. The number of hydrogen-bond acceptors (Lipinski definition) is 7. The molecule has 0 saturated carbocycles. The van der Waals surface area contributed by atoms with Crippen LogP contribution in [0, 0.1) is 11.6 Å². The lowest BCUT2D eigenvalue weighted by atomic mass is 9.95. The average molecular weight is 647 g/mol. The van der Waals surface area contributed by atoms with Gasteiger partial charge in [-0.1, -0.05) is 6.07 Å². The van der Waals surface area contributed by atoms with Crippen LogP contribution in [0.5, 0.6) is 0 Å². The fourth-order valence-corrected chi connectivity index (χ4v) is 3.56. The molecule has 43 heavy (non-hydrogen) atoms. The molecule has 20 heteroatoms. The largest absolute Gasteiger partial charge is 0.490 e.